The van der Waals surface area contributed by atoms with Crippen LogP contribution in [0.1, 0.15) is 85.0 Å². The first-order valence-electron chi connectivity index (χ1n) is 12.9. The Morgan fingerprint density at radius 3 is 2.41 bits per heavy atom. The van der Waals surface area contributed by atoms with Gasteiger partial charge in [-0.3, -0.25) is 9.59 Å². The lowest BCUT2D eigenvalue weighted by Crippen LogP contribution is -2.58. The van der Waals surface area contributed by atoms with Crippen molar-refractivity contribution in [3.63, 3.8) is 0 Å². The number of carbonyl (C=O) groups excluding carboxylic acids is 1. The molecule has 4 aliphatic rings. The van der Waals surface area contributed by atoms with Crippen molar-refractivity contribution in [2.75, 3.05) is 6.54 Å². The standard InChI is InChI=1S/C26H43NO5/c1-15(4-7-22(30)27-14-23(31)32)18-5-6-19-24-20(9-11-26(18,19)3)25(2)10-8-17(28)12-16(25)13-21(24)29/h15-21,24,28-29H,4-14H2,1-3H3,(H,27,30)(H,31,32)/t15-,16+,17-,18-,19+,20+,21+,24-,25+,26-/m1/s1. The van der Waals surface area contributed by atoms with E-state index in [1.165, 1.54) is 12.8 Å². The first-order chi connectivity index (χ1) is 15.1. The number of fused-ring (bicyclic) bond motifs is 5. The molecule has 4 rings (SSSR count). The molecule has 0 radical (unpaired) electrons. The maximum Gasteiger partial charge on any atom is 0.322 e. The van der Waals surface area contributed by atoms with Crippen LogP contribution in [0.3, 0.4) is 0 Å². The van der Waals surface area contributed by atoms with Crippen LogP contribution in [-0.4, -0.2) is 45.9 Å². The van der Waals surface area contributed by atoms with Gasteiger partial charge in [-0.05, 0) is 104 Å². The first kappa shape index (κ1) is 24.0. The minimum atomic E-state index is -1.01. The highest BCUT2D eigenvalue weighted by Crippen LogP contribution is 2.68. The number of carbonyl (C=O) groups is 2. The van der Waals surface area contributed by atoms with Crippen molar-refractivity contribution < 1.29 is 24.9 Å². The Hall–Kier alpha value is -1.14. The highest BCUT2D eigenvalue weighted by atomic mass is 16.4. The molecule has 32 heavy (non-hydrogen) atoms. The molecule has 6 heteroatoms. The van der Waals surface area contributed by atoms with Gasteiger partial charge in [0.25, 0.3) is 0 Å². The van der Waals surface area contributed by atoms with Crippen LogP contribution in [0.4, 0.5) is 0 Å². The number of hydrogen-bond acceptors (Lipinski definition) is 4. The Morgan fingerprint density at radius 1 is 1.00 bits per heavy atom. The van der Waals surface area contributed by atoms with Gasteiger partial charge >= 0.3 is 5.97 Å². The molecule has 182 valence electrons. The summed E-state index contributed by atoms with van der Waals surface area (Å²) < 4.78 is 0. The number of carboxylic acids is 1. The van der Waals surface area contributed by atoms with Gasteiger partial charge < -0.3 is 20.6 Å². The second kappa shape index (κ2) is 8.90. The number of aliphatic carboxylic acids is 1. The zero-order valence-corrected chi connectivity index (χ0v) is 20.1. The van der Waals surface area contributed by atoms with Gasteiger partial charge in [-0.15, -0.1) is 0 Å². The zero-order valence-electron chi connectivity index (χ0n) is 20.1. The molecule has 10 atom stereocenters. The minimum absolute atomic E-state index is 0.177. The topological polar surface area (TPSA) is 107 Å². The smallest absolute Gasteiger partial charge is 0.322 e. The zero-order chi connectivity index (χ0) is 23.3. The van der Waals surface area contributed by atoms with Crippen LogP contribution < -0.4 is 5.32 Å². The largest absolute Gasteiger partial charge is 0.480 e. The van der Waals surface area contributed by atoms with Gasteiger partial charge in [0.05, 0.1) is 12.2 Å². The number of amides is 1. The Kier molecular flexibility index (Phi) is 6.68. The number of hydrogen-bond donors (Lipinski definition) is 4. The lowest BCUT2D eigenvalue weighted by atomic mass is 9.43. The average molecular weight is 450 g/mol. The molecule has 4 fully saturated rings. The van der Waals surface area contributed by atoms with Crippen LogP contribution in [0.15, 0.2) is 0 Å². The van der Waals surface area contributed by atoms with Crippen LogP contribution in [0.2, 0.25) is 0 Å². The number of carboxylic acid groups (broad SMARTS) is 1. The summed E-state index contributed by atoms with van der Waals surface area (Å²) in [6.45, 7) is 6.83. The van der Waals surface area contributed by atoms with E-state index in [0.717, 1.165) is 44.9 Å². The summed E-state index contributed by atoms with van der Waals surface area (Å²) in [4.78, 5) is 22.7. The van der Waals surface area contributed by atoms with Gasteiger partial charge in [0, 0.05) is 6.42 Å². The van der Waals surface area contributed by atoms with E-state index in [-0.39, 0.29) is 35.5 Å². The molecule has 0 aliphatic heterocycles. The lowest BCUT2D eigenvalue weighted by molar-refractivity contribution is -0.174. The minimum Gasteiger partial charge on any atom is -0.480 e. The molecule has 0 unspecified atom stereocenters. The van der Waals surface area contributed by atoms with Gasteiger partial charge in [0.15, 0.2) is 0 Å². The summed E-state index contributed by atoms with van der Waals surface area (Å²) in [5, 5.41) is 32.8. The van der Waals surface area contributed by atoms with Crippen LogP contribution >= 0.6 is 0 Å². The molecule has 1 amide bonds. The molecule has 0 bridgehead atoms. The first-order valence-corrected chi connectivity index (χ1v) is 12.9. The second-order valence-electron chi connectivity index (χ2n) is 12.1. The van der Waals surface area contributed by atoms with E-state index in [2.05, 4.69) is 26.1 Å². The SMILES string of the molecule is C[C@H](CCC(=O)NCC(=O)O)[C@H]1CC[C@H]2[C@H]3[C@@H](O)C[C@@H]4C[C@H](O)CC[C@]4(C)[C@H]3CC[C@]12C. The number of aliphatic hydroxyl groups excluding tert-OH is 2. The fourth-order valence-corrected chi connectivity index (χ4v) is 9.00. The van der Waals surface area contributed by atoms with E-state index in [1.54, 1.807) is 0 Å². The van der Waals surface area contributed by atoms with E-state index in [0.29, 0.717) is 41.9 Å². The van der Waals surface area contributed by atoms with Gasteiger partial charge in [-0.1, -0.05) is 20.8 Å². The normalized spacial score (nSPS) is 46.5. The summed E-state index contributed by atoms with van der Waals surface area (Å²) in [7, 11) is 0. The Morgan fingerprint density at radius 2 is 1.69 bits per heavy atom. The molecule has 0 heterocycles. The molecule has 6 nitrogen and oxygen atoms in total. The van der Waals surface area contributed by atoms with Crippen molar-refractivity contribution in [1.29, 1.82) is 0 Å². The van der Waals surface area contributed by atoms with Crippen LogP contribution in [-0.2, 0) is 9.59 Å². The third-order valence-corrected chi connectivity index (χ3v) is 10.7. The van der Waals surface area contributed by atoms with Crippen molar-refractivity contribution >= 4 is 11.9 Å². The highest BCUT2D eigenvalue weighted by molar-refractivity contribution is 5.81. The molecular formula is C26H43NO5. The molecule has 0 spiro atoms. The van der Waals surface area contributed by atoms with Gasteiger partial charge in [0.2, 0.25) is 5.91 Å². The van der Waals surface area contributed by atoms with E-state index < -0.39 is 5.97 Å². The molecular weight excluding hydrogens is 406 g/mol. The monoisotopic (exact) mass is 449 g/mol. The number of rotatable bonds is 6. The van der Waals surface area contributed by atoms with Crippen molar-refractivity contribution in [2.45, 2.75) is 97.2 Å². The number of aliphatic hydroxyl groups is 2. The third kappa shape index (κ3) is 4.11. The van der Waals surface area contributed by atoms with Gasteiger partial charge in [-0.25, -0.2) is 0 Å². The molecule has 4 aliphatic carbocycles. The lowest BCUT2D eigenvalue weighted by Gasteiger charge is -2.62. The van der Waals surface area contributed by atoms with E-state index in [9.17, 15) is 19.8 Å². The summed E-state index contributed by atoms with van der Waals surface area (Å²) in [6, 6.07) is 0. The summed E-state index contributed by atoms with van der Waals surface area (Å²) in [6.07, 6.45) is 9.06. The molecule has 0 saturated heterocycles. The molecule has 4 N–H and O–H groups in total. The predicted molar refractivity (Wildman–Crippen MR) is 122 cm³/mol. The molecule has 0 aromatic heterocycles. The Bertz CT molecular complexity index is 727. The van der Waals surface area contributed by atoms with Crippen molar-refractivity contribution in [3.8, 4) is 0 Å². The predicted octanol–water partition coefficient (Wildman–Crippen LogP) is 3.59. The quantitative estimate of drug-likeness (QED) is 0.496. The van der Waals surface area contributed by atoms with Gasteiger partial charge in [-0.2, -0.15) is 0 Å². The Balaban J connectivity index is 1.44. The number of nitrogens with one attached hydrogen (secondary N) is 1. The van der Waals surface area contributed by atoms with Crippen molar-refractivity contribution in [1.82, 2.24) is 5.32 Å². The molecule has 4 saturated carbocycles. The van der Waals surface area contributed by atoms with E-state index in [4.69, 9.17) is 5.11 Å². The average Bonchev–Trinajstić information content (AvgIpc) is 3.09. The fraction of sp³-hybridized carbons (Fsp3) is 0.923. The maximum atomic E-state index is 12.0. The molecule has 0 aromatic carbocycles. The molecule has 0 aromatic rings. The van der Waals surface area contributed by atoms with Crippen LogP contribution in [0.5, 0.6) is 0 Å². The van der Waals surface area contributed by atoms with Crippen LogP contribution in [0.25, 0.3) is 0 Å². The van der Waals surface area contributed by atoms with Crippen molar-refractivity contribution in [2.24, 2.45) is 46.3 Å². The summed E-state index contributed by atoms with van der Waals surface area (Å²) in [5.74, 6) is 1.66. The summed E-state index contributed by atoms with van der Waals surface area (Å²) in [5.41, 5.74) is 0.451. The Labute approximate surface area is 192 Å². The van der Waals surface area contributed by atoms with Gasteiger partial charge in [0.1, 0.15) is 6.54 Å². The van der Waals surface area contributed by atoms with Crippen LogP contribution in [0, 0.1) is 46.3 Å². The fourth-order valence-electron chi connectivity index (χ4n) is 9.00. The van der Waals surface area contributed by atoms with E-state index in [1.807, 2.05) is 0 Å². The third-order valence-electron chi connectivity index (χ3n) is 10.7. The van der Waals surface area contributed by atoms with E-state index >= 15 is 0 Å². The highest BCUT2D eigenvalue weighted by Gasteiger charge is 2.62. The summed E-state index contributed by atoms with van der Waals surface area (Å²) >= 11 is 0. The van der Waals surface area contributed by atoms with Crippen molar-refractivity contribution in [3.05, 3.63) is 0 Å². The second-order valence-corrected chi connectivity index (χ2v) is 12.1. The maximum absolute atomic E-state index is 12.0.